The van der Waals surface area contributed by atoms with Crippen LogP contribution in [0.2, 0.25) is 0 Å². The normalized spacial score (nSPS) is 14.4. The Bertz CT molecular complexity index is 661. The number of halogens is 1. The van der Waals surface area contributed by atoms with Crippen molar-refractivity contribution in [1.82, 2.24) is 0 Å². The van der Waals surface area contributed by atoms with E-state index >= 15 is 0 Å². The first-order valence-electron chi connectivity index (χ1n) is 6.01. The van der Waals surface area contributed by atoms with Crippen molar-refractivity contribution >= 4 is 37.9 Å². The molecule has 0 fully saturated rings. The molecule has 1 aromatic rings. The molecule has 0 saturated heterocycles. The van der Waals surface area contributed by atoms with Gasteiger partial charge >= 0.3 is 0 Å². The van der Waals surface area contributed by atoms with Crippen molar-refractivity contribution < 1.29 is 21.8 Å². The van der Waals surface area contributed by atoms with E-state index in [2.05, 4.69) is 5.32 Å². The van der Waals surface area contributed by atoms with E-state index in [1.54, 1.807) is 0 Å². The van der Waals surface area contributed by atoms with Crippen molar-refractivity contribution in [3.05, 3.63) is 24.0 Å². The predicted molar refractivity (Wildman–Crippen MR) is 81.6 cm³/mol. The number of nitrogens with two attached hydrogens (primary N) is 1. The minimum absolute atomic E-state index is 0.105. The molecule has 9 heteroatoms. The zero-order valence-electron chi connectivity index (χ0n) is 11.6. The van der Waals surface area contributed by atoms with Crippen LogP contribution in [0.4, 0.5) is 15.8 Å². The van der Waals surface area contributed by atoms with E-state index in [9.17, 15) is 21.8 Å². The van der Waals surface area contributed by atoms with Crippen molar-refractivity contribution in [3.8, 4) is 0 Å². The van der Waals surface area contributed by atoms with Crippen molar-refractivity contribution in [2.75, 3.05) is 28.8 Å². The zero-order valence-corrected chi connectivity index (χ0v) is 13.3. The molecule has 0 saturated carbocycles. The van der Waals surface area contributed by atoms with E-state index in [1.165, 1.54) is 19.1 Å². The molecule has 0 heterocycles. The van der Waals surface area contributed by atoms with Gasteiger partial charge in [-0.25, -0.2) is 12.8 Å². The van der Waals surface area contributed by atoms with Crippen molar-refractivity contribution in [2.24, 2.45) is 0 Å². The Labute approximate surface area is 125 Å². The lowest BCUT2D eigenvalue weighted by molar-refractivity contribution is -0.115. The van der Waals surface area contributed by atoms with Crippen molar-refractivity contribution in [2.45, 2.75) is 12.2 Å². The lowest BCUT2D eigenvalue weighted by atomic mass is 10.2. The van der Waals surface area contributed by atoms with Crippen LogP contribution in [0.3, 0.4) is 0 Å². The van der Waals surface area contributed by atoms with E-state index in [1.807, 2.05) is 0 Å². The number of hydrogen-bond acceptors (Lipinski definition) is 5. The highest BCUT2D eigenvalue weighted by molar-refractivity contribution is 7.92. The van der Waals surface area contributed by atoms with Crippen LogP contribution in [0.1, 0.15) is 6.92 Å². The van der Waals surface area contributed by atoms with Gasteiger partial charge in [0.25, 0.3) is 0 Å². The lowest BCUT2D eigenvalue weighted by Crippen LogP contribution is -2.32. The summed E-state index contributed by atoms with van der Waals surface area (Å²) in [6, 6.07) is 3.70. The number of carbonyl (C=O) groups is 1. The molecule has 1 aromatic carbocycles. The maximum Gasteiger partial charge on any atom is 0.239 e. The second kappa shape index (κ2) is 6.99. The van der Waals surface area contributed by atoms with E-state index < -0.39 is 37.6 Å². The number of nitrogens with one attached hydrogen (secondary N) is 1. The first-order chi connectivity index (χ1) is 9.60. The minimum atomic E-state index is -3.25. The second-order valence-electron chi connectivity index (χ2n) is 4.59. The molecule has 1 rings (SSSR count). The topological polar surface area (TPSA) is 106 Å². The van der Waals surface area contributed by atoms with E-state index in [-0.39, 0.29) is 22.9 Å². The largest absolute Gasteiger partial charge is 0.399 e. The highest BCUT2D eigenvalue weighted by atomic mass is 32.2. The minimum Gasteiger partial charge on any atom is -0.399 e. The van der Waals surface area contributed by atoms with Gasteiger partial charge in [-0.1, -0.05) is 0 Å². The van der Waals surface area contributed by atoms with Crippen molar-refractivity contribution in [3.63, 3.8) is 0 Å². The van der Waals surface area contributed by atoms with Crippen molar-refractivity contribution in [1.29, 1.82) is 0 Å². The quantitative estimate of drug-likeness (QED) is 0.737. The smallest absolute Gasteiger partial charge is 0.239 e. The zero-order chi connectivity index (χ0) is 16.2. The molecule has 0 radical (unpaired) electrons. The Morgan fingerprint density at radius 2 is 2.10 bits per heavy atom. The molecule has 118 valence electrons. The van der Waals surface area contributed by atoms with Gasteiger partial charge in [-0.15, -0.1) is 0 Å². The maximum atomic E-state index is 13.5. The third kappa shape index (κ3) is 5.80. The molecule has 0 aliphatic heterocycles. The van der Waals surface area contributed by atoms with E-state index in [4.69, 9.17) is 5.73 Å². The molecule has 1 amide bonds. The Balaban J connectivity index is 2.70. The first kappa shape index (κ1) is 17.6. The standard InChI is InChI=1S/C12H17FN2O4S2/c1-8(20(17)5-6-21(2,18)19)12(16)15-11-7-9(14)3-4-10(11)13/h3-4,7-8H,5-6,14H2,1-2H3,(H,15,16). The number of hydrogen-bond donors (Lipinski definition) is 2. The number of benzene rings is 1. The monoisotopic (exact) mass is 336 g/mol. The summed E-state index contributed by atoms with van der Waals surface area (Å²) in [5.74, 6) is -1.74. The third-order valence-corrected chi connectivity index (χ3v) is 5.48. The number of amides is 1. The number of anilines is 2. The van der Waals surface area contributed by atoms with Gasteiger partial charge < -0.3 is 11.1 Å². The molecule has 0 aromatic heterocycles. The Morgan fingerprint density at radius 3 is 2.67 bits per heavy atom. The number of sulfone groups is 1. The van der Waals surface area contributed by atoms with Crippen LogP contribution >= 0.6 is 0 Å². The summed E-state index contributed by atoms with van der Waals surface area (Å²) in [7, 11) is -4.92. The Hall–Kier alpha value is -1.48. The van der Waals surface area contributed by atoms with Gasteiger partial charge in [-0.05, 0) is 25.1 Å². The molecule has 2 unspecified atom stereocenters. The summed E-state index contributed by atoms with van der Waals surface area (Å²) in [4.78, 5) is 11.9. The van der Waals surface area contributed by atoms with Gasteiger partial charge in [0.05, 0.1) is 11.4 Å². The molecule has 0 aliphatic rings. The predicted octanol–water partition coefficient (Wildman–Crippen LogP) is 0.528. The molecular weight excluding hydrogens is 319 g/mol. The second-order valence-corrected chi connectivity index (χ2v) is 8.72. The average Bonchev–Trinajstić information content (AvgIpc) is 2.38. The van der Waals surface area contributed by atoms with Crippen LogP contribution in [-0.2, 0) is 25.4 Å². The molecule has 3 N–H and O–H groups in total. The molecule has 21 heavy (non-hydrogen) atoms. The van der Waals surface area contributed by atoms with Gasteiger partial charge in [0, 0.05) is 28.5 Å². The lowest BCUT2D eigenvalue weighted by Gasteiger charge is -2.12. The summed E-state index contributed by atoms with van der Waals surface area (Å²) in [5.41, 5.74) is 5.66. The highest BCUT2D eigenvalue weighted by Crippen LogP contribution is 2.18. The summed E-state index contributed by atoms with van der Waals surface area (Å²) >= 11 is 0. The number of nitrogen functional groups attached to an aromatic ring is 1. The summed E-state index contributed by atoms with van der Waals surface area (Å²) in [6.07, 6.45) is 1.02. The summed E-state index contributed by atoms with van der Waals surface area (Å²) in [5, 5.41) is 1.33. The van der Waals surface area contributed by atoms with Gasteiger partial charge in [-0.3, -0.25) is 9.00 Å². The van der Waals surface area contributed by atoms with Crippen LogP contribution < -0.4 is 11.1 Å². The Morgan fingerprint density at radius 1 is 1.48 bits per heavy atom. The van der Waals surface area contributed by atoms with Crippen LogP contribution in [0.15, 0.2) is 18.2 Å². The fourth-order valence-electron chi connectivity index (χ4n) is 1.40. The number of rotatable bonds is 6. The average molecular weight is 336 g/mol. The molecular formula is C12H17FN2O4S2. The SMILES string of the molecule is CC(C(=O)Nc1cc(N)ccc1F)S(=O)CCS(C)(=O)=O. The summed E-state index contributed by atoms with van der Waals surface area (Å²) < 4.78 is 47.3. The third-order valence-electron chi connectivity index (χ3n) is 2.67. The highest BCUT2D eigenvalue weighted by Gasteiger charge is 2.22. The molecule has 0 spiro atoms. The van der Waals surface area contributed by atoms with Crippen LogP contribution in [-0.4, -0.2) is 41.5 Å². The van der Waals surface area contributed by atoms with E-state index in [0.29, 0.717) is 0 Å². The molecule has 0 aliphatic carbocycles. The van der Waals surface area contributed by atoms with Gasteiger partial charge in [0.1, 0.15) is 20.9 Å². The van der Waals surface area contributed by atoms with Gasteiger partial charge in [0.15, 0.2) is 0 Å². The van der Waals surface area contributed by atoms with Crippen LogP contribution in [0, 0.1) is 5.82 Å². The number of carbonyl (C=O) groups excluding carboxylic acids is 1. The fourth-order valence-corrected chi connectivity index (χ4v) is 3.92. The van der Waals surface area contributed by atoms with E-state index in [0.717, 1.165) is 12.3 Å². The molecule has 0 bridgehead atoms. The summed E-state index contributed by atoms with van der Waals surface area (Å²) in [6.45, 7) is 1.39. The van der Waals surface area contributed by atoms with Gasteiger partial charge in [0.2, 0.25) is 5.91 Å². The molecule has 2 atom stereocenters. The van der Waals surface area contributed by atoms with Crippen LogP contribution in [0.5, 0.6) is 0 Å². The maximum absolute atomic E-state index is 13.5. The fraction of sp³-hybridized carbons (Fsp3) is 0.417. The molecule has 6 nitrogen and oxygen atoms in total. The van der Waals surface area contributed by atoms with Gasteiger partial charge in [-0.2, -0.15) is 0 Å². The van der Waals surface area contributed by atoms with Crippen LogP contribution in [0.25, 0.3) is 0 Å². The first-order valence-corrected chi connectivity index (χ1v) is 9.45. The Kier molecular flexibility index (Phi) is 5.85.